The van der Waals surface area contributed by atoms with Crippen LogP contribution in [0.15, 0.2) is 12.3 Å². The molecule has 0 spiro atoms. The van der Waals surface area contributed by atoms with Crippen molar-refractivity contribution in [3.8, 4) is 0 Å². The fourth-order valence-corrected chi connectivity index (χ4v) is 1.13. The van der Waals surface area contributed by atoms with Gasteiger partial charge in [-0.3, -0.25) is 0 Å². The van der Waals surface area contributed by atoms with Crippen LogP contribution in [0.25, 0.3) is 0 Å². The number of carboxylic acid groups (broad SMARTS) is 1. The largest absolute Gasteiger partial charge is 0.478 e. The topological polar surface area (TPSA) is 65.5 Å². The average Bonchev–Trinajstić information content (AvgIpc) is 2.07. The maximum atomic E-state index is 10.7. The number of aromatic carboxylic acids is 1. The maximum Gasteiger partial charge on any atom is 0.337 e. The van der Waals surface area contributed by atoms with Gasteiger partial charge in [0.25, 0.3) is 0 Å². The minimum absolute atomic E-state index is 0.0333. The van der Waals surface area contributed by atoms with E-state index in [0.29, 0.717) is 5.82 Å². The standard InChI is InChI=1S/C8H10ClN3O2/c1-12(2)11-7-6(9)5(8(13)14)3-4-10-7/h3-4H,1-2H3,(H,10,11)(H,13,14). The van der Waals surface area contributed by atoms with E-state index in [0.717, 1.165) is 0 Å². The first-order chi connectivity index (χ1) is 6.52. The molecule has 0 aliphatic heterocycles. The molecular weight excluding hydrogens is 206 g/mol. The highest BCUT2D eigenvalue weighted by Crippen LogP contribution is 2.23. The number of carbonyl (C=O) groups is 1. The molecule has 1 aromatic rings. The van der Waals surface area contributed by atoms with Crippen molar-refractivity contribution >= 4 is 23.4 Å². The van der Waals surface area contributed by atoms with Crippen molar-refractivity contribution in [2.45, 2.75) is 0 Å². The molecule has 76 valence electrons. The van der Waals surface area contributed by atoms with Crippen molar-refractivity contribution in [3.63, 3.8) is 0 Å². The molecule has 0 aliphatic carbocycles. The number of nitrogens with one attached hydrogen (secondary N) is 1. The quantitative estimate of drug-likeness (QED) is 0.745. The monoisotopic (exact) mass is 215 g/mol. The first-order valence-electron chi connectivity index (χ1n) is 3.84. The van der Waals surface area contributed by atoms with E-state index in [4.69, 9.17) is 16.7 Å². The van der Waals surface area contributed by atoms with E-state index in [1.165, 1.54) is 12.3 Å². The Balaban J connectivity index is 3.07. The second-order valence-corrected chi connectivity index (χ2v) is 3.21. The van der Waals surface area contributed by atoms with Crippen molar-refractivity contribution < 1.29 is 9.90 Å². The molecule has 0 aliphatic rings. The van der Waals surface area contributed by atoms with Gasteiger partial charge in [0.05, 0.1) is 10.6 Å². The lowest BCUT2D eigenvalue weighted by Crippen LogP contribution is -2.21. The van der Waals surface area contributed by atoms with Crippen LogP contribution < -0.4 is 5.43 Å². The third kappa shape index (κ3) is 2.34. The smallest absolute Gasteiger partial charge is 0.337 e. The van der Waals surface area contributed by atoms with E-state index in [-0.39, 0.29) is 10.6 Å². The Hall–Kier alpha value is -1.33. The summed E-state index contributed by atoms with van der Waals surface area (Å²) in [6, 6.07) is 1.35. The highest BCUT2D eigenvalue weighted by Gasteiger charge is 2.12. The number of hydrogen-bond donors (Lipinski definition) is 2. The molecule has 1 aromatic heterocycles. The molecule has 6 heteroatoms. The number of aromatic nitrogens is 1. The van der Waals surface area contributed by atoms with E-state index < -0.39 is 5.97 Å². The van der Waals surface area contributed by atoms with Gasteiger partial charge in [-0.25, -0.2) is 14.8 Å². The van der Waals surface area contributed by atoms with Crippen molar-refractivity contribution in [1.29, 1.82) is 0 Å². The van der Waals surface area contributed by atoms with Crippen molar-refractivity contribution in [2.75, 3.05) is 19.5 Å². The van der Waals surface area contributed by atoms with Gasteiger partial charge in [0.1, 0.15) is 0 Å². The minimum Gasteiger partial charge on any atom is -0.478 e. The minimum atomic E-state index is -1.07. The third-order valence-electron chi connectivity index (χ3n) is 1.45. The molecule has 0 radical (unpaired) electrons. The lowest BCUT2D eigenvalue weighted by atomic mass is 10.2. The van der Waals surface area contributed by atoms with Gasteiger partial charge < -0.3 is 10.5 Å². The highest BCUT2D eigenvalue weighted by atomic mass is 35.5. The summed E-state index contributed by atoms with van der Waals surface area (Å²) in [6.07, 6.45) is 1.39. The van der Waals surface area contributed by atoms with Crippen molar-refractivity contribution in [3.05, 3.63) is 22.8 Å². The van der Waals surface area contributed by atoms with E-state index in [2.05, 4.69) is 10.4 Å². The Morgan fingerprint density at radius 1 is 1.64 bits per heavy atom. The van der Waals surface area contributed by atoms with Gasteiger partial charge in [0, 0.05) is 20.3 Å². The molecule has 1 heterocycles. The number of hydrazine groups is 1. The Kier molecular flexibility index (Phi) is 3.27. The fourth-order valence-electron chi connectivity index (χ4n) is 0.899. The summed E-state index contributed by atoms with van der Waals surface area (Å²) in [5, 5.41) is 10.5. The lowest BCUT2D eigenvalue weighted by molar-refractivity contribution is 0.0697. The first kappa shape index (κ1) is 10.7. The van der Waals surface area contributed by atoms with Crippen LogP contribution in [0, 0.1) is 0 Å². The predicted octanol–water partition coefficient (Wildman–Crippen LogP) is 1.32. The number of hydrogen-bond acceptors (Lipinski definition) is 4. The highest BCUT2D eigenvalue weighted by molar-refractivity contribution is 6.35. The Morgan fingerprint density at radius 2 is 2.29 bits per heavy atom. The van der Waals surface area contributed by atoms with E-state index in [9.17, 15) is 4.79 Å². The van der Waals surface area contributed by atoms with Crippen LogP contribution in [-0.4, -0.2) is 35.2 Å². The zero-order valence-corrected chi connectivity index (χ0v) is 8.54. The van der Waals surface area contributed by atoms with E-state index in [1.54, 1.807) is 19.1 Å². The van der Waals surface area contributed by atoms with Gasteiger partial charge in [-0.2, -0.15) is 0 Å². The third-order valence-corrected chi connectivity index (χ3v) is 1.83. The summed E-state index contributed by atoms with van der Waals surface area (Å²) in [4.78, 5) is 14.6. The second kappa shape index (κ2) is 4.26. The molecule has 1 rings (SSSR count). The van der Waals surface area contributed by atoms with Gasteiger partial charge in [-0.15, -0.1) is 0 Å². The molecular formula is C8H10ClN3O2. The van der Waals surface area contributed by atoms with Crippen LogP contribution in [0.1, 0.15) is 10.4 Å². The van der Waals surface area contributed by atoms with Crippen molar-refractivity contribution in [2.24, 2.45) is 0 Å². The summed E-state index contributed by atoms with van der Waals surface area (Å²) >= 11 is 5.82. The summed E-state index contributed by atoms with van der Waals surface area (Å²) in [5.74, 6) is -0.740. The van der Waals surface area contributed by atoms with Gasteiger partial charge in [0.2, 0.25) is 0 Å². The average molecular weight is 216 g/mol. The Morgan fingerprint density at radius 3 is 2.79 bits per heavy atom. The van der Waals surface area contributed by atoms with Crippen LogP contribution in [0.3, 0.4) is 0 Å². The molecule has 0 fully saturated rings. The summed E-state index contributed by atoms with van der Waals surface area (Å²) in [5.41, 5.74) is 2.83. The molecule has 0 aromatic carbocycles. The number of carboxylic acids is 1. The Labute approximate surface area is 86.3 Å². The number of halogens is 1. The molecule has 0 amide bonds. The van der Waals surface area contributed by atoms with Crippen LogP contribution in [-0.2, 0) is 0 Å². The molecule has 0 saturated heterocycles. The fraction of sp³-hybridized carbons (Fsp3) is 0.250. The lowest BCUT2D eigenvalue weighted by Gasteiger charge is -2.14. The maximum absolute atomic E-state index is 10.7. The van der Waals surface area contributed by atoms with Crippen LogP contribution in [0.4, 0.5) is 5.82 Å². The molecule has 14 heavy (non-hydrogen) atoms. The Bertz CT molecular complexity index is 354. The van der Waals surface area contributed by atoms with Crippen molar-refractivity contribution in [1.82, 2.24) is 9.99 Å². The number of pyridine rings is 1. The van der Waals surface area contributed by atoms with Gasteiger partial charge in [0.15, 0.2) is 5.82 Å². The summed E-state index contributed by atoms with van der Waals surface area (Å²) < 4.78 is 0. The zero-order chi connectivity index (χ0) is 10.7. The van der Waals surface area contributed by atoms with Crippen LogP contribution in [0.2, 0.25) is 5.02 Å². The normalized spacial score (nSPS) is 10.3. The molecule has 0 saturated carbocycles. The summed E-state index contributed by atoms with van der Waals surface area (Å²) in [6.45, 7) is 0. The molecule has 0 atom stereocenters. The molecule has 5 nitrogen and oxygen atoms in total. The second-order valence-electron chi connectivity index (χ2n) is 2.83. The van der Waals surface area contributed by atoms with Crippen LogP contribution in [0.5, 0.6) is 0 Å². The number of anilines is 1. The van der Waals surface area contributed by atoms with E-state index >= 15 is 0 Å². The first-order valence-corrected chi connectivity index (χ1v) is 4.22. The zero-order valence-electron chi connectivity index (χ0n) is 7.78. The predicted molar refractivity (Wildman–Crippen MR) is 53.5 cm³/mol. The number of rotatable bonds is 3. The molecule has 2 N–H and O–H groups in total. The molecule has 0 bridgehead atoms. The summed E-state index contributed by atoms with van der Waals surface area (Å²) in [7, 11) is 3.51. The van der Waals surface area contributed by atoms with Gasteiger partial charge >= 0.3 is 5.97 Å². The molecule has 0 unspecified atom stereocenters. The van der Waals surface area contributed by atoms with Gasteiger partial charge in [-0.1, -0.05) is 11.6 Å². The number of nitrogens with zero attached hydrogens (tertiary/aromatic N) is 2. The van der Waals surface area contributed by atoms with Crippen LogP contribution >= 0.6 is 11.6 Å². The van der Waals surface area contributed by atoms with E-state index in [1.807, 2.05) is 0 Å². The van der Waals surface area contributed by atoms with Gasteiger partial charge in [-0.05, 0) is 6.07 Å². The SMILES string of the molecule is CN(C)Nc1nccc(C(=O)O)c1Cl.